The quantitative estimate of drug-likeness (QED) is 0.808. The van der Waals surface area contributed by atoms with E-state index in [9.17, 15) is 4.79 Å². The molecule has 4 heteroatoms. The Bertz CT molecular complexity index is 288. The van der Waals surface area contributed by atoms with E-state index in [-0.39, 0.29) is 23.9 Å². The van der Waals surface area contributed by atoms with E-state index in [4.69, 9.17) is 11.0 Å². The van der Waals surface area contributed by atoms with Gasteiger partial charge in [-0.1, -0.05) is 0 Å². The summed E-state index contributed by atoms with van der Waals surface area (Å²) in [6.07, 6.45) is 4.10. The topological polar surface area (TPSA) is 70.1 Å². The predicted molar refractivity (Wildman–Crippen MR) is 67.0 cm³/mol. The van der Waals surface area contributed by atoms with Crippen LogP contribution in [-0.2, 0) is 4.79 Å². The van der Waals surface area contributed by atoms with Crippen molar-refractivity contribution in [3.63, 3.8) is 0 Å². The van der Waals surface area contributed by atoms with Gasteiger partial charge in [-0.2, -0.15) is 5.26 Å². The lowest BCUT2D eigenvalue weighted by atomic mass is 9.85. The first-order chi connectivity index (χ1) is 8.06. The minimum Gasteiger partial charge on any atom is -0.339 e. The molecule has 0 bridgehead atoms. The first kappa shape index (κ1) is 14.0. The molecule has 0 radical (unpaired) electrons. The third kappa shape index (κ3) is 4.01. The second kappa shape index (κ2) is 6.61. The van der Waals surface area contributed by atoms with E-state index in [1.54, 1.807) is 0 Å². The fourth-order valence-corrected chi connectivity index (χ4v) is 2.39. The van der Waals surface area contributed by atoms with E-state index >= 15 is 0 Å². The summed E-state index contributed by atoms with van der Waals surface area (Å²) in [4.78, 5) is 14.2. The van der Waals surface area contributed by atoms with Crippen LogP contribution < -0.4 is 5.73 Å². The fraction of sp³-hybridized carbons (Fsp3) is 0.846. The number of nitrogens with zero attached hydrogens (tertiary/aromatic N) is 2. The Morgan fingerprint density at radius 2 is 2.00 bits per heavy atom. The van der Waals surface area contributed by atoms with Gasteiger partial charge in [0.2, 0.25) is 5.91 Å². The number of amides is 1. The van der Waals surface area contributed by atoms with Crippen molar-refractivity contribution in [3.05, 3.63) is 0 Å². The van der Waals surface area contributed by atoms with E-state index in [0.29, 0.717) is 13.0 Å². The Labute approximate surface area is 104 Å². The van der Waals surface area contributed by atoms with Crippen molar-refractivity contribution in [2.75, 3.05) is 6.54 Å². The standard InChI is InChI=1S/C13H23N3O/c1-10(2)16(9-3-8-14)13(17)11-4-6-12(15)7-5-11/h10-12H,3-7,9,15H2,1-2H3. The van der Waals surface area contributed by atoms with Gasteiger partial charge in [-0.15, -0.1) is 0 Å². The zero-order valence-corrected chi connectivity index (χ0v) is 10.9. The molecule has 1 fully saturated rings. The number of carbonyl (C=O) groups excluding carboxylic acids is 1. The molecule has 0 aromatic heterocycles. The highest BCUT2D eigenvalue weighted by molar-refractivity contribution is 5.79. The van der Waals surface area contributed by atoms with Crippen LogP contribution in [0.5, 0.6) is 0 Å². The van der Waals surface area contributed by atoms with Crippen molar-refractivity contribution in [1.82, 2.24) is 4.90 Å². The molecule has 1 aliphatic carbocycles. The van der Waals surface area contributed by atoms with Gasteiger partial charge < -0.3 is 10.6 Å². The second-order valence-corrected chi connectivity index (χ2v) is 5.15. The van der Waals surface area contributed by atoms with Gasteiger partial charge >= 0.3 is 0 Å². The Balaban J connectivity index is 2.55. The van der Waals surface area contributed by atoms with Crippen LogP contribution >= 0.6 is 0 Å². The van der Waals surface area contributed by atoms with Crippen LogP contribution in [0.15, 0.2) is 0 Å². The summed E-state index contributed by atoms with van der Waals surface area (Å²) in [7, 11) is 0. The highest BCUT2D eigenvalue weighted by atomic mass is 16.2. The maximum absolute atomic E-state index is 12.3. The van der Waals surface area contributed by atoms with Crippen molar-refractivity contribution < 1.29 is 4.79 Å². The number of nitrogens with two attached hydrogens (primary N) is 1. The summed E-state index contributed by atoms with van der Waals surface area (Å²) < 4.78 is 0. The smallest absolute Gasteiger partial charge is 0.225 e. The van der Waals surface area contributed by atoms with E-state index in [2.05, 4.69) is 6.07 Å². The molecule has 0 aliphatic heterocycles. The van der Waals surface area contributed by atoms with Crippen LogP contribution in [0, 0.1) is 17.2 Å². The molecule has 0 heterocycles. The monoisotopic (exact) mass is 237 g/mol. The largest absolute Gasteiger partial charge is 0.339 e. The van der Waals surface area contributed by atoms with Gasteiger partial charge in [0.05, 0.1) is 12.5 Å². The first-order valence-corrected chi connectivity index (χ1v) is 6.49. The first-order valence-electron chi connectivity index (χ1n) is 6.49. The van der Waals surface area contributed by atoms with Crippen LogP contribution in [0.2, 0.25) is 0 Å². The van der Waals surface area contributed by atoms with Crippen molar-refractivity contribution in [2.24, 2.45) is 11.7 Å². The van der Waals surface area contributed by atoms with Crippen LogP contribution in [0.1, 0.15) is 46.0 Å². The molecule has 17 heavy (non-hydrogen) atoms. The molecule has 1 aliphatic rings. The Hall–Kier alpha value is -1.08. The normalized spacial score (nSPS) is 24.4. The Kier molecular flexibility index (Phi) is 5.43. The van der Waals surface area contributed by atoms with E-state index in [1.807, 2.05) is 18.7 Å². The number of nitriles is 1. The lowest BCUT2D eigenvalue weighted by Gasteiger charge is -2.33. The van der Waals surface area contributed by atoms with Gasteiger partial charge in [0, 0.05) is 24.5 Å². The molecule has 0 spiro atoms. The summed E-state index contributed by atoms with van der Waals surface area (Å²) in [5, 5.41) is 8.62. The minimum absolute atomic E-state index is 0.121. The molecule has 4 nitrogen and oxygen atoms in total. The molecule has 96 valence electrons. The second-order valence-electron chi connectivity index (χ2n) is 5.15. The van der Waals surface area contributed by atoms with Crippen LogP contribution in [0.25, 0.3) is 0 Å². The third-order valence-electron chi connectivity index (χ3n) is 3.49. The van der Waals surface area contributed by atoms with Gasteiger partial charge in [0.1, 0.15) is 0 Å². The van der Waals surface area contributed by atoms with E-state index in [0.717, 1.165) is 25.7 Å². The van der Waals surface area contributed by atoms with E-state index < -0.39 is 0 Å². The zero-order chi connectivity index (χ0) is 12.8. The summed E-state index contributed by atoms with van der Waals surface area (Å²) >= 11 is 0. The van der Waals surface area contributed by atoms with Gasteiger partial charge in [0.15, 0.2) is 0 Å². The number of hydrogen-bond donors (Lipinski definition) is 1. The molecule has 1 rings (SSSR count). The Morgan fingerprint density at radius 3 is 2.47 bits per heavy atom. The molecule has 0 aromatic rings. The molecule has 0 aromatic carbocycles. The van der Waals surface area contributed by atoms with Crippen LogP contribution in [0.4, 0.5) is 0 Å². The van der Waals surface area contributed by atoms with Crippen molar-refractivity contribution in [1.29, 1.82) is 5.26 Å². The molecule has 1 saturated carbocycles. The van der Waals surface area contributed by atoms with E-state index in [1.165, 1.54) is 0 Å². The summed E-state index contributed by atoms with van der Waals surface area (Å²) in [5.74, 6) is 0.332. The number of rotatable bonds is 4. The predicted octanol–water partition coefficient (Wildman–Crippen LogP) is 1.65. The van der Waals surface area contributed by atoms with Crippen LogP contribution in [0.3, 0.4) is 0 Å². The molecule has 0 unspecified atom stereocenters. The summed E-state index contributed by atoms with van der Waals surface area (Å²) in [6.45, 7) is 4.56. The third-order valence-corrected chi connectivity index (χ3v) is 3.49. The summed E-state index contributed by atoms with van der Waals surface area (Å²) in [5.41, 5.74) is 5.85. The lowest BCUT2D eigenvalue weighted by Crippen LogP contribution is -2.43. The maximum Gasteiger partial charge on any atom is 0.225 e. The number of hydrogen-bond acceptors (Lipinski definition) is 3. The van der Waals surface area contributed by atoms with Crippen molar-refractivity contribution in [2.45, 2.75) is 58.0 Å². The minimum atomic E-state index is 0.121. The lowest BCUT2D eigenvalue weighted by molar-refractivity contribution is -0.138. The molecule has 1 amide bonds. The molecule has 0 atom stereocenters. The molecule has 0 saturated heterocycles. The van der Waals surface area contributed by atoms with Crippen molar-refractivity contribution >= 4 is 5.91 Å². The van der Waals surface area contributed by atoms with Gasteiger partial charge in [-0.25, -0.2) is 0 Å². The average molecular weight is 237 g/mol. The molecule has 2 N–H and O–H groups in total. The maximum atomic E-state index is 12.3. The highest BCUT2D eigenvalue weighted by Crippen LogP contribution is 2.25. The van der Waals surface area contributed by atoms with Gasteiger partial charge in [0.25, 0.3) is 0 Å². The molecular weight excluding hydrogens is 214 g/mol. The van der Waals surface area contributed by atoms with Gasteiger partial charge in [-0.05, 0) is 39.5 Å². The fourth-order valence-electron chi connectivity index (χ4n) is 2.39. The number of carbonyl (C=O) groups is 1. The SMILES string of the molecule is CC(C)N(CCC#N)C(=O)C1CCC(N)CC1. The summed E-state index contributed by atoms with van der Waals surface area (Å²) in [6, 6.07) is 2.55. The Morgan fingerprint density at radius 1 is 1.41 bits per heavy atom. The van der Waals surface area contributed by atoms with Gasteiger partial charge in [-0.3, -0.25) is 4.79 Å². The van der Waals surface area contributed by atoms with Crippen LogP contribution in [-0.4, -0.2) is 29.4 Å². The van der Waals surface area contributed by atoms with Crippen molar-refractivity contribution in [3.8, 4) is 6.07 Å². The average Bonchev–Trinajstić information content (AvgIpc) is 2.29. The molecular formula is C13H23N3O. The zero-order valence-electron chi connectivity index (χ0n) is 10.9. The highest BCUT2D eigenvalue weighted by Gasteiger charge is 2.29.